The summed E-state index contributed by atoms with van der Waals surface area (Å²) in [6.07, 6.45) is 5.24. The van der Waals surface area contributed by atoms with E-state index in [1.54, 1.807) is 18.5 Å². The highest BCUT2D eigenvalue weighted by Gasteiger charge is 2.04. The first kappa shape index (κ1) is 8.64. The van der Waals surface area contributed by atoms with Crippen LogP contribution in [0.1, 0.15) is 0 Å². The molecular formula is C8H10N6. The van der Waals surface area contributed by atoms with Crippen molar-refractivity contribution < 1.29 is 0 Å². The second-order valence-corrected chi connectivity index (χ2v) is 2.84. The molecule has 0 saturated carbocycles. The van der Waals surface area contributed by atoms with E-state index >= 15 is 0 Å². The monoisotopic (exact) mass is 190 g/mol. The van der Waals surface area contributed by atoms with Gasteiger partial charge in [-0.3, -0.25) is 0 Å². The molecule has 0 amide bonds. The summed E-state index contributed by atoms with van der Waals surface area (Å²) in [4.78, 5) is 4.19. The van der Waals surface area contributed by atoms with Gasteiger partial charge in [-0.1, -0.05) is 0 Å². The molecule has 0 bridgehead atoms. The van der Waals surface area contributed by atoms with Crippen molar-refractivity contribution in [1.29, 1.82) is 0 Å². The number of aryl methyl sites for hydroxylation is 1. The van der Waals surface area contributed by atoms with Crippen LogP contribution in [0.5, 0.6) is 0 Å². The van der Waals surface area contributed by atoms with E-state index in [0.29, 0.717) is 5.82 Å². The smallest absolute Gasteiger partial charge is 0.163 e. The Morgan fingerprint density at radius 3 is 3.00 bits per heavy atom. The lowest BCUT2D eigenvalue weighted by molar-refractivity contribution is 0.918. The van der Waals surface area contributed by atoms with Crippen LogP contribution in [0.25, 0.3) is 11.4 Å². The maximum absolute atomic E-state index is 5.23. The van der Waals surface area contributed by atoms with Gasteiger partial charge < -0.3 is 9.99 Å². The Bertz CT molecular complexity index is 435. The van der Waals surface area contributed by atoms with Crippen molar-refractivity contribution in [1.82, 2.24) is 19.7 Å². The fraction of sp³-hybridized carbons (Fsp3) is 0.125. The van der Waals surface area contributed by atoms with E-state index in [2.05, 4.69) is 20.6 Å². The van der Waals surface area contributed by atoms with Gasteiger partial charge in [0.2, 0.25) is 0 Å². The highest BCUT2D eigenvalue weighted by atomic mass is 15.3. The third-order valence-corrected chi connectivity index (χ3v) is 1.88. The standard InChI is InChI=1S/C8H10N6/c1-14-3-2-10-8(14)6-4-7(12-9)13-11-5-6/h2-5H,9H2,1H3,(H,12,13). The fourth-order valence-electron chi connectivity index (χ4n) is 1.20. The summed E-state index contributed by atoms with van der Waals surface area (Å²) in [5.74, 6) is 6.58. The summed E-state index contributed by atoms with van der Waals surface area (Å²) in [6, 6.07) is 1.79. The zero-order valence-electron chi connectivity index (χ0n) is 7.68. The van der Waals surface area contributed by atoms with Crippen LogP contribution in [0.15, 0.2) is 24.7 Å². The van der Waals surface area contributed by atoms with Gasteiger partial charge in [-0.2, -0.15) is 5.10 Å². The number of nitrogens with one attached hydrogen (secondary N) is 1. The van der Waals surface area contributed by atoms with Gasteiger partial charge >= 0.3 is 0 Å². The normalized spacial score (nSPS) is 10.1. The third-order valence-electron chi connectivity index (χ3n) is 1.88. The van der Waals surface area contributed by atoms with Crippen LogP contribution < -0.4 is 11.3 Å². The number of nitrogens with zero attached hydrogens (tertiary/aromatic N) is 4. The molecular weight excluding hydrogens is 180 g/mol. The van der Waals surface area contributed by atoms with Crippen LogP contribution in [0.3, 0.4) is 0 Å². The predicted molar refractivity (Wildman–Crippen MR) is 52.0 cm³/mol. The number of hydrogen-bond acceptors (Lipinski definition) is 5. The molecule has 2 heterocycles. The molecule has 6 nitrogen and oxygen atoms in total. The summed E-state index contributed by atoms with van der Waals surface area (Å²) in [5.41, 5.74) is 3.31. The van der Waals surface area contributed by atoms with E-state index in [1.165, 1.54) is 0 Å². The molecule has 6 heteroatoms. The minimum Gasteiger partial charge on any atom is -0.334 e. The van der Waals surface area contributed by atoms with Gasteiger partial charge in [0, 0.05) is 25.0 Å². The SMILES string of the molecule is Cn1ccnc1-c1cnnc(NN)c1. The van der Waals surface area contributed by atoms with E-state index in [-0.39, 0.29) is 0 Å². The Morgan fingerprint density at radius 1 is 1.50 bits per heavy atom. The molecule has 72 valence electrons. The van der Waals surface area contributed by atoms with Gasteiger partial charge in [0.05, 0.1) is 6.20 Å². The summed E-state index contributed by atoms with van der Waals surface area (Å²) < 4.78 is 1.90. The molecule has 0 aliphatic heterocycles. The summed E-state index contributed by atoms with van der Waals surface area (Å²) in [6.45, 7) is 0. The van der Waals surface area contributed by atoms with Gasteiger partial charge in [-0.05, 0) is 6.07 Å². The molecule has 0 spiro atoms. The molecule has 2 aromatic heterocycles. The number of hydrogen-bond donors (Lipinski definition) is 2. The summed E-state index contributed by atoms with van der Waals surface area (Å²) in [5, 5.41) is 7.58. The van der Waals surface area contributed by atoms with Gasteiger partial charge in [-0.25, -0.2) is 10.8 Å². The third kappa shape index (κ3) is 1.42. The van der Waals surface area contributed by atoms with Crippen molar-refractivity contribution >= 4 is 5.82 Å². The number of hydrazine groups is 1. The Labute approximate surface area is 80.8 Å². The number of anilines is 1. The van der Waals surface area contributed by atoms with Gasteiger partial charge in [0.25, 0.3) is 0 Å². The first-order chi connectivity index (χ1) is 6.81. The lowest BCUT2D eigenvalue weighted by atomic mass is 10.3. The second-order valence-electron chi connectivity index (χ2n) is 2.84. The van der Waals surface area contributed by atoms with Gasteiger partial charge in [0.1, 0.15) is 5.82 Å². The average molecular weight is 190 g/mol. The quantitative estimate of drug-likeness (QED) is 0.521. The minimum absolute atomic E-state index is 0.519. The van der Waals surface area contributed by atoms with Gasteiger partial charge in [-0.15, -0.1) is 5.10 Å². The number of nitrogen functional groups attached to an aromatic ring is 1. The van der Waals surface area contributed by atoms with E-state index in [1.807, 2.05) is 17.8 Å². The van der Waals surface area contributed by atoms with Crippen LogP contribution >= 0.6 is 0 Å². The largest absolute Gasteiger partial charge is 0.334 e. The van der Waals surface area contributed by atoms with Crippen molar-refractivity contribution in [2.24, 2.45) is 12.9 Å². The predicted octanol–water partition coefficient (Wildman–Crippen LogP) is 0.163. The number of nitrogens with two attached hydrogens (primary N) is 1. The van der Waals surface area contributed by atoms with Crippen molar-refractivity contribution in [2.75, 3.05) is 5.43 Å². The van der Waals surface area contributed by atoms with Crippen molar-refractivity contribution in [3.63, 3.8) is 0 Å². The van der Waals surface area contributed by atoms with Crippen molar-refractivity contribution in [3.8, 4) is 11.4 Å². The Morgan fingerprint density at radius 2 is 2.36 bits per heavy atom. The molecule has 0 aliphatic rings. The first-order valence-corrected chi connectivity index (χ1v) is 4.08. The zero-order valence-corrected chi connectivity index (χ0v) is 7.68. The Balaban J connectivity index is 2.47. The number of rotatable bonds is 2. The van der Waals surface area contributed by atoms with Crippen LogP contribution in [-0.2, 0) is 7.05 Å². The fourth-order valence-corrected chi connectivity index (χ4v) is 1.20. The van der Waals surface area contributed by atoms with E-state index in [4.69, 9.17) is 5.84 Å². The molecule has 14 heavy (non-hydrogen) atoms. The topological polar surface area (TPSA) is 81.7 Å². The van der Waals surface area contributed by atoms with Crippen LogP contribution in [0, 0.1) is 0 Å². The van der Waals surface area contributed by atoms with Crippen LogP contribution in [0.4, 0.5) is 5.82 Å². The maximum Gasteiger partial charge on any atom is 0.163 e. The zero-order chi connectivity index (χ0) is 9.97. The number of imidazole rings is 1. The molecule has 0 aromatic carbocycles. The first-order valence-electron chi connectivity index (χ1n) is 4.08. The Hall–Kier alpha value is -1.95. The van der Waals surface area contributed by atoms with Crippen molar-refractivity contribution in [2.45, 2.75) is 0 Å². The van der Waals surface area contributed by atoms with Crippen molar-refractivity contribution in [3.05, 3.63) is 24.7 Å². The van der Waals surface area contributed by atoms with Crippen LogP contribution in [-0.4, -0.2) is 19.7 Å². The Kier molecular flexibility index (Phi) is 2.11. The molecule has 0 fully saturated rings. The molecule has 0 atom stereocenters. The minimum atomic E-state index is 0.519. The lowest BCUT2D eigenvalue weighted by Gasteiger charge is -2.02. The number of aromatic nitrogens is 4. The van der Waals surface area contributed by atoms with Gasteiger partial charge in [0.15, 0.2) is 5.82 Å². The summed E-state index contributed by atoms with van der Waals surface area (Å²) in [7, 11) is 1.91. The van der Waals surface area contributed by atoms with E-state index < -0.39 is 0 Å². The molecule has 2 rings (SSSR count). The average Bonchev–Trinajstić information content (AvgIpc) is 2.65. The van der Waals surface area contributed by atoms with E-state index in [0.717, 1.165) is 11.4 Å². The molecule has 0 saturated heterocycles. The lowest BCUT2D eigenvalue weighted by Crippen LogP contribution is -2.09. The van der Waals surface area contributed by atoms with Crippen LogP contribution in [0.2, 0.25) is 0 Å². The second kappa shape index (κ2) is 3.43. The molecule has 0 unspecified atom stereocenters. The molecule has 0 aliphatic carbocycles. The molecule has 0 radical (unpaired) electrons. The van der Waals surface area contributed by atoms with E-state index in [9.17, 15) is 0 Å². The molecule has 3 N–H and O–H groups in total. The summed E-state index contributed by atoms with van der Waals surface area (Å²) >= 11 is 0. The highest BCUT2D eigenvalue weighted by Crippen LogP contribution is 2.16. The molecule has 2 aromatic rings. The highest BCUT2D eigenvalue weighted by molar-refractivity contribution is 5.58. The maximum atomic E-state index is 5.23.